The second-order valence-corrected chi connectivity index (χ2v) is 4.88. The van der Waals surface area contributed by atoms with E-state index in [2.05, 4.69) is 0 Å². The standard InChI is InChI=1S/C15H13ClO2/c16-11-7-5-10(6-8-11)15-9-13(17)12-3-1-2-4-14(12)18-15/h1-8,13,15,17H,9H2/t13-,15?/m1/s1. The number of hydrogen-bond acceptors (Lipinski definition) is 2. The molecule has 3 heteroatoms. The molecule has 0 radical (unpaired) electrons. The second-order valence-electron chi connectivity index (χ2n) is 4.45. The van der Waals surface area contributed by atoms with Crippen LogP contribution in [0.1, 0.15) is 29.8 Å². The first-order chi connectivity index (χ1) is 8.74. The van der Waals surface area contributed by atoms with Crippen molar-refractivity contribution in [1.82, 2.24) is 0 Å². The molecule has 0 amide bonds. The molecule has 0 saturated heterocycles. The highest BCUT2D eigenvalue weighted by Gasteiger charge is 2.27. The van der Waals surface area contributed by atoms with Gasteiger partial charge in [0.15, 0.2) is 0 Å². The van der Waals surface area contributed by atoms with E-state index in [9.17, 15) is 5.11 Å². The smallest absolute Gasteiger partial charge is 0.127 e. The number of halogens is 1. The molecule has 3 rings (SSSR count). The van der Waals surface area contributed by atoms with Crippen LogP contribution < -0.4 is 4.74 Å². The predicted molar refractivity (Wildman–Crippen MR) is 70.8 cm³/mol. The Morgan fingerprint density at radius 1 is 1.06 bits per heavy atom. The molecule has 2 aromatic rings. The first kappa shape index (κ1) is 11.6. The Hall–Kier alpha value is -1.51. The molecule has 92 valence electrons. The lowest BCUT2D eigenvalue weighted by molar-refractivity contribution is 0.0657. The monoisotopic (exact) mass is 260 g/mol. The zero-order chi connectivity index (χ0) is 12.5. The third-order valence-electron chi connectivity index (χ3n) is 3.23. The Bertz CT molecular complexity index is 551. The fourth-order valence-corrected chi connectivity index (χ4v) is 2.40. The molecule has 2 atom stereocenters. The number of benzene rings is 2. The summed E-state index contributed by atoms with van der Waals surface area (Å²) in [5.74, 6) is 0.760. The van der Waals surface area contributed by atoms with Crippen molar-refractivity contribution >= 4 is 11.6 Å². The van der Waals surface area contributed by atoms with Gasteiger partial charge in [0.25, 0.3) is 0 Å². The molecule has 0 aliphatic carbocycles. The third kappa shape index (κ3) is 2.09. The summed E-state index contributed by atoms with van der Waals surface area (Å²) in [6.45, 7) is 0. The number of ether oxygens (including phenoxy) is 1. The summed E-state index contributed by atoms with van der Waals surface area (Å²) in [5.41, 5.74) is 1.90. The van der Waals surface area contributed by atoms with E-state index in [1.165, 1.54) is 0 Å². The number of rotatable bonds is 1. The molecule has 1 aliphatic heterocycles. The van der Waals surface area contributed by atoms with E-state index in [1.807, 2.05) is 48.5 Å². The highest BCUT2D eigenvalue weighted by Crippen LogP contribution is 2.40. The molecule has 1 heterocycles. The zero-order valence-corrected chi connectivity index (χ0v) is 10.5. The van der Waals surface area contributed by atoms with Gasteiger partial charge < -0.3 is 9.84 Å². The Balaban J connectivity index is 1.92. The van der Waals surface area contributed by atoms with Crippen LogP contribution in [0.15, 0.2) is 48.5 Å². The molecular weight excluding hydrogens is 248 g/mol. The van der Waals surface area contributed by atoms with Crippen LogP contribution >= 0.6 is 11.6 Å². The Morgan fingerprint density at radius 2 is 1.78 bits per heavy atom. The minimum atomic E-state index is -0.476. The van der Waals surface area contributed by atoms with Crippen molar-refractivity contribution in [3.8, 4) is 5.75 Å². The SMILES string of the molecule is O[C@@H]1CC(c2ccc(Cl)cc2)Oc2ccccc21. The van der Waals surface area contributed by atoms with Gasteiger partial charge in [0.05, 0.1) is 6.10 Å². The fourth-order valence-electron chi connectivity index (χ4n) is 2.28. The predicted octanol–water partition coefficient (Wildman–Crippen LogP) is 3.90. The molecule has 0 aromatic heterocycles. The summed E-state index contributed by atoms with van der Waals surface area (Å²) >= 11 is 5.87. The summed E-state index contributed by atoms with van der Waals surface area (Å²) in [4.78, 5) is 0. The van der Waals surface area contributed by atoms with E-state index >= 15 is 0 Å². The summed E-state index contributed by atoms with van der Waals surface area (Å²) < 4.78 is 5.93. The molecular formula is C15H13ClO2. The van der Waals surface area contributed by atoms with Crippen LogP contribution in [-0.4, -0.2) is 5.11 Å². The molecule has 0 fully saturated rings. The highest BCUT2D eigenvalue weighted by molar-refractivity contribution is 6.30. The van der Waals surface area contributed by atoms with Gasteiger partial charge in [-0.05, 0) is 23.8 Å². The number of fused-ring (bicyclic) bond motifs is 1. The number of aliphatic hydroxyl groups is 1. The van der Waals surface area contributed by atoms with Crippen LogP contribution in [0.25, 0.3) is 0 Å². The lowest BCUT2D eigenvalue weighted by atomic mass is 9.95. The fraction of sp³-hybridized carbons (Fsp3) is 0.200. The largest absolute Gasteiger partial charge is 0.485 e. The van der Waals surface area contributed by atoms with Crippen molar-refractivity contribution in [2.45, 2.75) is 18.6 Å². The van der Waals surface area contributed by atoms with Crippen molar-refractivity contribution in [1.29, 1.82) is 0 Å². The molecule has 2 nitrogen and oxygen atoms in total. The van der Waals surface area contributed by atoms with E-state index in [0.29, 0.717) is 11.4 Å². The van der Waals surface area contributed by atoms with Gasteiger partial charge >= 0.3 is 0 Å². The minimum absolute atomic E-state index is 0.118. The van der Waals surface area contributed by atoms with Gasteiger partial charge in [-0.15, -0.1) is 0 Å². The average Bonchev–Trinajstić information content (AvgIpc) is 2.39. The van der Waals surface area contributed by atoms with Crippen molar-refractivity contribution in [3.63, 3.8) is 0 Å². The first-order valence-corrected chi connectivity index (χ1v) is 6.31. The molecule has 1 unspecified atom stereocenters. The van der Waals surface area contributed by atoms with Gasteiger partial charge in [-0.1, -0.05) is 41.9 Å². The lowest BCUT2D eigenvalue weighted by Gasteiger charge is -2.29. The zero-order valence-electron chi connectivity index (χ0n) is 9.71. The van der Waals surface area contributed by atoms with Crippen LogP contribution in [0.3, 0.4) is 0 Å². The van der Waals surface area contributed by atoms with Gasteiger partial charge in [-0.2, -0.15) is 0 Å². The van der Waals surface area contributed by atoms with Gasteiger partial charge in [0.1, 0.15) is 11.9 Å². The number of aliphatic hydroxyl groups excluding tert-OH is 1. The van der Waals surface area contributed by atoms with Crippen LogP contribution in [0.5, 0.6) is 5.75 Å². The van der Waals surface area contributed by atoms with Gasteiger partial charge in [0.2, 0.25) is 0 Å². The topological polar surface area (TPSA) is 29.5 Å². The quantitative estimate of drug-likeness (QED) is 0.843. The maximum absolute atomic E-state index is 10.1. The Kier molecular flexibility index (Phi) is 2.98. The summed E-state index contributed by atoms with van der Waals surface area (Å²) in [7, 11) is 0. The van der Waals surface area contributed by atoms with Crippen LogP contribution in [0, 0.1) is 0 Å². The van der Waals surface area contributed by atoms with E-state index in [0.717, 1.165) is 16.9 Å². The first-order valence-electron chi connectivity index (χ1n) is 5.93. The minimum Gasteiger partial charge on any atom is -0.485 e. The Labute approximate surface area is 111 Å². The van der Waals surface area contributed by atoms with E-state index in [-0.39, 0.29) is 6.10 Å². The average molecular weight is 261 g/mol. The van der Waals surface area contributed by atoms with E-state index in [4.69, 9.17) is 16.3 Å². The van der Waals surface area contributed by atoms with Crippen molar-refractivity contribution < 1.29 is 9.84 Å². The second kappa shape index (κ2) is 4.63. The van der Waals surface area contributed by atoms with Crippen molar-refractivity contribution in [3.05, 3.63) is 64.7 Å². The van der Waals surface area contributed by atoms with Gasteiger partial charge in [0, 0.05) is 17.0 Å². The summed E-state index contributed by atoms with van der Waals surface area (Å²) in [6, 6.07) is 15.2. The lowest BCUT2D eigenvalue weighted by Crippen LogP contribution is -2.18. The maximum atomic E-state index is 10.1. The summed E-state index contributed by atoms with van der Waals surface area (Å²) in [6.07, 6.45) is -0.0265. The molecule has 2 aromatic carbocycles. The molecule has 18 heavy (non-hydrogen) atoms. The van der Waals surface area contributed by atoms with E-state index in [1.54, 1.807) is 0 Å². The molecule has 1 aliphatic rings. The van der Waals surface area contributed by atoms with Crippen molar-refractivity contribution in [2.24, 2.45) is 0 Å². The van der Waals surface area contributed by atoms with E-state index < -0.39 is 6.10 Å². The van der Waals surface area contributed by atoms with Crippen LogP contribution in [0.4, 0.5) is 0 Å². The number of para-hydroxylation sites is 1. The molecule has 0 bridgehead atoms. The number of hydrogen-bond donors (Lipinski definition) is 1. The van der Waals surface area contributed by atoms with Crippen LogP contribution in [-0.2, 0) is 0 Å². The Morgan fingerprint density at radius 3 is 2.56 bits per heavy atom. The van der Waals surface area contributed by atoms with Gasteiger partial charge in [-0.25, -0.2) is 0 Å². The van der Waals surface area contributed by atoms with Crippen LogP contribution in [0.2, 0.25) is 5.02 Å². The molecule has 0 saturated carbocycles. The summed E-state index contributed by atoms with van der Waals surface area (Å²) in [5, 5.41) is 10.8. The molecule has 1 N–H and O–H groups in total. The third-order valence-corrected chi connectivity index (χ3v) is 3.48. The van der Waals surface area contributed by atoms with Gasteiger partial charge in [-0.3, -0.25) is 0 Å². The normalized spacial score (nSPS) is 22.1. The maximum Gasteiger partial charge on any atom is 0.127 e. The molecule has 0 spiro atoms. The highest BCUT2D eigenvalue weighted by atomic mass is 35.5. The van der Waals surface area contributed by atoms with Crippen molar-refractivity contribution in [2.75, 3.05) is 0 Å².